The number of piperazine rings is 1. The lowest BCUT2D eigenvalue weighted by Crippen LogP contribution is -2.50. The first-order chi connectivity index (χ1) is 11.2. The second-order valence-electron chi connectivity index (χ2n) is 5.92. The fourth-order valence-electron chi connectivity index (χ4n) is 3.02. The Kier molecular flexibility index (Phi) is 5.00. The van der Waals surface area contributed by atoms with Gasteiger partial charge < -0.3 is 9.80 Å². The smallest absolute Gasteiger partial charge is 0.226 e. The molecule has 0 N–H and O–H groups in total. The molecular formula is C17H22N4OS. The van der Waals surface area contributed by atoms with Gasteiger partial charge in [0, 0.05) is 48.6 Å². The number of aromatic nitrogens is 2. The fraction of sp³-hybridized carbons (Fsp3) is 0.471. The summed E-state index contributed by atoms with van der Waals surface area (Å²) in [6.45, 7) is 5.13. The summed E-state index contributed by atoms with van der Waals surface area (Å²) in [4.78, 5) is 16.6. The Morgan fingerprint density at radius 1 is 1.26 bits per heavy atom. The lowest BCUT2D eigenvalue weighted by Gasteiger charge is -2.36. The summed E-state index contributed by atoms with van der Waals surface area (Å²) in [7, 11) is 0. The predicted molar refractivity (Wildman–Crippen MR) is 95.9 cm³/mol. The van der Waals surface area contributed by atoms with Gasteiger partial charge in [-0.05, 0) is 6.26 Å². The van der Waals surface area contributed by atoms with E-state index in [1.807, 2.05) is 30.2 Å². The Hall–Kier alpha value is -1.82. The number of benzene rings is 1. The SMILES string of the molecule is CSC[C@H](C)C(=O)N1CCN(c2nncc3ccccc23)CC1. The van der Waals surface area contributed by atoms with E-state index >= 15 is 0 Å². The van der Waals surface area contributed by atoms with Crippen molar-refractivity contribution in [2.24, 2.45) is 5.92 Å². The number of rotatable bonds is 4. The van der Waals surface area contributed by atoms with Gasteiger partial charge in [-0.25, -0.2) is 0 Å². The number of thioether (sulfide) groups is 1. The van der Waals surface area contributed by atoms with Gasteiger partial charge in [-0.15, -0.1) is 5.10 Å². The number of hydrogen-bond acceptors (Lipinski definition) is 5. The van der Waals surface area contributed by atoms with Gasteiger partial charge in [0.1, 0.15) is 0 Å². The van der Waals surface area contributed by atoms with Crippen LogP contribution in [0, 0.1) is 5.92 Å². The third-order valence-electron chi connectivity index (χ3n) is 4.28. The first-order valence-corrected chi connectivity index (χ1v) is 9.33. The topological polar surface area (TPSA) is 49.3 Å². The molecule has 1 saturated heterocycles. The van der Waals surface area contributed by atoms with E-state index in [0.717, 1.165) is 48.5 Å². The van der Waals surface area contributed by atoms with Crippen LogP contribution in [0.2, 0.25) is 0 Å². The van der Waals surface area contributed by atoms with Gasteiger partial charge in [-0.1, -0.05) is 31.2 Å². The number of carbonyl (C=O) groups is 1. The Morgan fingerprint density at radius 2 is 2.00 bits per heavy atom. The maximum Gasteiger partial charge on any atom is 0.226 e. The van der Waals surface area contributed by atoms with Crippen LogP contribution in [0.25, 0.3) is 10.8 Å². The van der Waals surface area contributed by atoms with E-state index in [9.17, 15) is 4.79 Å². The molecule has 3 rings (SSSR count). The van der Waals surface area contributed by atoms with E-state index < -0.39 is 0 Å². The number of carbonyl (C=O) groups excluding carboxylic acids is 1. The van der Waals surface area contributed by atoms with Crippen LogP contribution in [-0.2, 0) is 4.79 Å². The Bertz CT molecular complexity index is 680. The van der Waals surface area contributed by atoms with Crippen molar-refractivity contribution in [2.45, 2.75) is 6.92 Å². The molecule has 0 spiro atoms. The van der Waals surface area contributed by atoms with E-state index in [2.05, 4.69) is 27.2 Å². The maximum atomic E-state index is 12.4. The molecular weight excluding hydrogens is 308 g/mol. The number of hydrogen-bond donors (Lipinski definition) is 0. The zero-order valence-electron chi connectivity index (χ0n) is 13.6. The molecule has 0 aliphatic carbocycles. The highest BCUT2D eigenvalue weighted by Gasteiger charge is 2.25. The number of nitrogens with zero attached hydrogens (tertiary/aromatic N) is 4. The molecule has 1 amide bonds. The molecule has 23 heavy (non-hydrogen) atoms. The van der Waals surface area contributed by atoms with E-state index in [1.165, 1.54) is 0 Å². The molecule has 0 saturated carbocycles. The quantitative estimate of drug-likeness (QED) is 0.861. The van der Waals surface area contributed by atoms with Gasteiger partial charge in [0.2, 0.25) is 5.91 Å². The average molecular weight is 330 g/mol. The van der Waals surface area contributed by atoms with Gasteiger partial charge in [-0.3, -0.25) is 4.79 Å². The van der Waals surface area contributed by atoms with E-state index in [0.29, 0.717) is 0 Å². The molecule has 0 unspecified atom stereocenters. The molecule has 122 valence electrons. The molecule has 1 aliphatic heterocycles. The van der Waals surface area contributed by atoms with Crippen LogP contribution in [0.5, 0.6) is 0 Å². The van der Waals surface area contributed by atoms with Gasteiger partial charge in [0.15, 0.2) is 5.82 Å². The Balaban J connectivity index is 1.70. The van der Waals surface area contributed by atoms with Crippen LogP contribution in [0.15, 0.2) is 30.5 Å². The minimum Gasteiger partial charge on any atom is -0.351 e. The monoisotopic (exact) mass is 330 g/mol. The third-order valence-corrected chi connectivity index (χ3v) is 5.11. The minimum absolute atomic E-state index is 0.0916. The number of fused-ring (bicyclic) bond motifs is 1. The molecule has 1 fully saturated rings. The van der Waals surface area contributed by atoms with Crippen LogP contribution in [-0.4, -0.2) is 59.2 Å². The standard InChI is InChI=1S/C17H22N4OS/c1-13(12-23-2)17(22)21-9-7-20(8-10-21)16-15-6-4-3-5-14(15)11-18-19-16/h3-6,11,13H,7-10,12H2,1-2H3/t13-/m0/s1. The second kappa shape index (κ2) is 7.17. The molecule has 1 aromatic heterocycles. The zero-order chi connectivity index (χ0) is 16.2. The van der Waals surface area contributed by atoms with Crippen LogP contribution >= 0.6 is 11.8 Å². The zero-order valence-corrected chi connectivity index (χ0v) is 14.4. The first kappa shape index (κ1) is 16.1. The summed E-state index contributed by atoms with van der Waals surface area (Å²) < 4.78 is 0. The highest BCUT2D eigenvalue weighted by Crippen LogP contribution is 2.24. The lowest BCUT2D eigenvalue weighted by molar-refractivity contribution is -0.134. The van der Waals surface area contributed by atoms with Crippen molar-refractivity contribution in [1.29, 1.82) is 0 Å². The molecule has 5 nitrogen and oxygen atoms in total. The summed E-state index contributed by atoms with van der Waals surface area (Å²) in [5.74, 6) is 2.16. The summed E-state index contributed by atoms with van der Waals surface area (Å²) in [6.07, 6.45) is 3.84. The molecule has 1 aliphatic rings. The normalized spacial score (nSPS) is 16.6. The highest BCUT2D eigenvalue weighted by molar-refractivity contribution is 7.98. The maximum absolute atomic E-state index is 12.4. The number of amides is 1. The van der Waals surface area contributed by atoms with Crippen LogP contribution in [0.4, 0.5) is 5.82 Å². The van der Waals surface area contributed by atoms with E-state index in [4.69, 9.17) is 0 Å². The molecule has 1 aromatic carbocycles. The van der Waals surface area contributed by atoms with Crippen molar-refractivity contribution in [2.75, 3.05) is 43.1 Å². The molecule has 0 radical (unpaired) electrons. The van der Waals surface area contributed by atoms with Gasteiger partial charge >= 0.3 is 0 Å². The van der Waals surface area contributed by atoms with Gasteiger partial charge in [0.25, 0.3) is 0 Å². The van der Waals surface area contributed by atoms with Gasteiger partial charge in [-0.2, -0.15) is 16.9 Å². The molecule has 1 atom stereocenters. The Labute approximate surface area is 141 Å². The van der Waals surface area contributed by atoms with E-state index in [-0.39, 0.29) is 11.8 Å². The second-order valence-corrected chi connectivity index (χ2v) is 6.83. The van der Waals surface area contributed by atoms with Crippen molar-refractivity contribution < 1.29 is 4.79 Å². The Morgan fingerprint density at radius 3 is 2.74 bits per heavy atom. The summed E-state index contributed by atoms with van der Waals surface area (Å²) in [6, 6.07) is 8.17. The summed E-state index contributed by atoms with van der Waals surface area (Å²) in [5, 5.41) is 10.7. The van der Waals surface area contributed by atoms with Gasteiger partial charge in [0.05, 0.1) is 6.20 Å². The van der Waals surface area contributed by atoms with Crippen molar-refractivity contribution in [3.63, 3.8) is 0 Å². The molecule has 6 heteroatoms. The first-order valence-electron chi connectivity index (χ1n) is 7.94. The van der Waals surface area contributed by atoms with Crippen LogP contribution < -0.4 is 4.90 Å². The predicted octanol–water partition coefficient (Wildman–Crippen LogP) is 2.28. The van der Waals surface area contributed by atoms with Crippen molar-refractivity contribution in [3.05, 3.63) is 30.5 Å². The molecule has 2 heterocycles. The largest absolute Gasteiger partial charge is 0.351 e. The minimum atomic E-state index is 0.0916. The number of anilines is 1. The van der Waals surface area contributed by atoms with E-state index in [1.54, 1.807) is 18.0 Å². The lowest BCUT2D eigenvalue weighted by atomic mass is 10.1. The highest BCUT2D eigenvalue weighted by atomic mass is 32.2. The van der Waals surface area contributed by atoms with Crippen molar-refractivity contribution in [3.8, 4) is 0 Å². The fourth-order valence-corrected chi connectivity index (χ4v) is 3.66. The third kappa shape index (κ3) is 3.42. The van der Waals surface area contributed by atoms with Crippen molar-refractivity contribution in [1.82, 2.24) is 15.1 Å². The molecule has 2 aromatic rings. The summed E-state index contributed by atoms with van der Waals surface area (Å²) >= 11 is 1.72. The van der Waals surface area contributed by atoms with Crippen LogP contribution in [0.3, 0.4) is 0 Å². The molecule has 0 bridgehead atoms. The van der Waals surface area contributed by atoms with Crippen LogP contribution in [0.1, 0.15) is 6.92 Å². The summed E-state index contributed by atoms with van der Waals surface area (Å²) in [5.41, 5.74) is 0. The van der Waals surface area contributed by atoms with Crippen molar-refractivity contribution >= 4 is 34.3 Å². The average Bonchev–Trinajstić information content (AvgIpc) is 2.61.